The van der Waals surface area contributed by atoms with Gasteiger partial charge in [-0.3, -0.25) is 0 Å². The zero-order chi connectivity index (χ0) is 13.4. The van der Waals surface area contributed by atoms with E-state index in [4.69, 9.17) is 4.42 Å². The van der Waals surface area contributed by atoms with Crippen LogP contribution in [0.25, 0.3) is 0 Å². The first kappa shape index (κ1) is 15.2. The lowest BCUT2D eigenvalue weighted by molar-refractivity contribution is 0.445. The molecule has 1 aromatic rings. The molecule has 1 rings (SSSR count). The first-order valence-corrected chi connectivity index (χ1v) is 7.38. The summed E-state index contributed by atoms with van der Waals surface area (Å²) in [6.07, 6.45) is 2.91. The van der Waals surface area contributed by atoms with Gasteiger partial charge in [0.05, 0.1) is 6.26 Å². The Morgan fingerprint density at radius 2 is 2.17 bits per heavy atom. The highest BCUT2D eigenvalue weighted by molar-refractivity contribution is 7.87. The maximum Gasteiger partial charge on any atom is 0.279 e. The maximum absolute atomic E-state index is 11.8. The first-order valence-electron chi connectivity index (χ1n) is 5.94. The summed E-state index contributed by atoms with van der Waals surface area (Å²) < 4.78 is 32.6. The summed E-state index contributed by atoms with van der Waals surface area (Å²) in [6, 6.07) is 3.61. The lowest BCUT2D eigenvalue weighted by atomic mass is 10.3. The summed E-state index contributed by atoms with van der Waals surface area (Å²) in [4.78, 5) is 0. The topological polar surface area (TPSA) is 74.6 Å². The molecule has 0 fully saturated rings. The van der Waals surface area contributed by atoms with Crippen LogP contribution in [0.15, 0.2) is 22.8 Å². The third kappa shape index (κ3) is 5.18. The molecular weight excluding hydrogens is 254 g/mol. The van der Waals surface area contributed by atoms with Crippen LogP contribution in [-0.2, 0) is 16.6 Å². The quantitative estimate of drug-likeness (QED) is 0.631. The van der Waals surface area contributed by atoms with Gasteiger partial charge in [0, 0.05) is 26.6 Å². The molecule has 0 unspecified atom stereocenters. The van der Waals surface area contributed by atoms with Gasteiger partial charge < -0.3 is 9.73 Å². The zero-order valence-electron chi connectivity index (χ0n) is 10.8. The summed E-state index contributed by atoms with van der Waals surface area (Å²) in [5.41, 5.74) is 0. The molecular formula is C11H21N3O3S. The fourth-order valence-electron chi connectivity index (χ4n) is 1.47. The largest absolute Gasteiger partial charge is 0.469 e. The molecule has 0 aliphatic heterocycles. The second-order valence-corrected chi connectivity index (χ2v) is 5.87. The lowest BCUT2D eigenvalue weighted by Crippen LogP contribution is -2.40. The number of rotatable bonds is 9. The van der Waals surface area contributed by atoms with E-state index in [9.17, 15) is 8.42 Å². The van der Waals surface area contributed by atoms with Crippen molar-refractivity contribution in [1.82, 2.24) is 14.3 Å². The van der Waals surface area contributed by atoms with Crippen molar-refractivity contribution in [3.05, 3.63) is 24.2 Å². The van der Waals surface area contributed by atoms with Crippen LogP contribution in [-0.4, -0.2) is 46.5 Å². The third-order valence-electron chi connectivity index (χ3n) is 2.55. The van der Waals surface area contributed by atoms with Crippen molar-refractivity contribution in [2.45, 2.75) is 12.8 Å². The van der Waals surface area contributed by atoms with Crippen molar-refractivity contribution < 1.29 is 12.8 Å². The van der Waals surface area contributed by atoms with Gasteiger partial charge in [-0.05, 0) is 32.1 Å². The highest BCUT2D eigenvalue weighted by Crippen LogP contribution is 2.01. The van der Waals surface area contributed by atoms with Crippen LogP contribution in [0, 0.1) is 0 Å². The molecule has 0 spiro atoms. The van der Waals surface area contributed by atoms with Crippen LogP contribution in [0.3, 0.4) is 0 Å². The smallest absolute Gasteiger partial charge is 0.279 e. The second kappa shape index (κ2) is 7.52. The Balaban J connectivity index is 2.30. The summed E-state index contributed by atoms with van der Waals surface area (Å²) >= 11 is 0. The van der Waals surface area contributed by atoms with Crippen molar-refractivity contribution in [1.29, 1.82) is 0 Å². The van der Waals surface area contributed by atoms with Crippen molar-refractivity contribution >= 4 is 10.2 Å². The molecule has 1 aromatic heterocycles. The predicted molar refractivity (Wildman–Crippen MR) is 70.5 cm³/mol. The van der Waals surface area contributed by atoms with Gasteiger partial charge in [-0.2, -0.15) is 12.7 Å². The minimum atomic E-state index is -3.38. The standard InChI is InChI=1S/C11H21N3O3S/c1-12-7-4-9-14(2)18(15,16)13-8-6-11-5-3-10-17-11/h3,5,10,12-13H,4,6-9H2,1-2H3. The molecule has 0 aromatic carbocycles. The number of hydrogen-bond acceptors (Lipinski definition) is 4. The lowest BCUT2D eigenvalue weighted by Gasteiger charge is -2.17. The molecule has 18 heavy (non-hydrogen) atoms. The summed E-state index contributed by atoms with van der Waals surface area (Å²) in [6.45, 7) is 1.63. The Labute approximate surface area is 109 Å². The van der Waals surface area contributed by atoms with Gasteiger partial charge in [-0.1, -0.05) is 0 Å². The minimum Gasteiger partial charge on any atom is -0.469 e. The first-order chi connectivity index (χ1) is 8.56. The Bertz CT molecular complexity index is 417. The number of nitrogens with one attached hydrogen (secondary N) is 2. The molecule has 0 amide bonds. The molecule has 0 atom stereocenters. The van der Waals surface area contributed by atoms with Crippen molar-refractivity contribution in [2.75, 3.05) is 33.7 Å². The van der Waals surface area contributed by atoms with Gasteiger partial charge in [0.25, 0.3) is 10.2 Å². The fraction of sp³-hybridized carbons (Fsp3) is 0.636. The van der Waals surface area contributed by atoms with E-state index < -0.39 is 10.2 Å². The summed E-state index contributed by atoms with van der Waals surface area (Å²) in [5, 5.41) is 2.98. The summed E-state index contributed by atoms with van der Waals surface area (Å²) in [7, 11) is 0.0376. The Morgan fingerprint density at radius 1 is 1.39 bits per heavy atom. The molecule has 7 heteroatoms. The molecule has 2 N–H and O–H groups in total. The number of nitrogens with zero attached hydrogens (tertiary/aromatic N) is 1. The summed E-state index contributed by atoms with van der Waals surface area (Å²) in [5.74, 6) is 0.774. The van der Waals surface area contributed by atoms with E-state index in [0.29, 0.717) is 19.5 Å². The van der Waals surface area contributed by atoms with Crippen LogP contribution in [0.4, 0.5) is 0 Å². The highest BCUT2D eigenvalue weighted by Gasteiger charge is 2.16. The minimum absolute atomic E-state index is 0.339. The molecule has 0 aliphatic rings. The molecule has 104 valence electrons. The average molecular weight is 275 g/mol. The maximum atomic E-state index is 11.8. The van der Waals surface area contributed by atoms with E-state index in [1.807, 2.05) is 13.1 Å². The van der Waals surface area contributed by atoms with Crippen LogP contribution in [0.1, 0.15) is 12.2 Å². The normalized spacial score (nSPS) is 12.2. The third-order valence-corrected chi connectivity index (χ3v) is 4.12. The molecule has 0 saturated heterocycles. The Hall–Kier alpha value is -0.890. The Morgan fingerprint density at radius 3 is 2.78 bits per heavy atom. The molecule has 6 nitrogen and oxygen atoms in total. The van der Waals surface area contributed by atoms with Gasteiger partial charge in [-0.25, -0.2) is 4.72 Å². The van der Waals surface area contributed by atoms with E-state index in [1.54, 1.807) is 19.4 Å². The van der Waals surface area contributed by atoms with E-state index in [-0.39, 0.29) is 0 Å². The monoisotopic (exact) mass is 275 g/mol. The second-order valence-electron chi connectivity index (χ2n) is 4.01. The van der Waals surface area contributed by atoms with Crippen molar-refractivity contribution in [3.63, 3.8) is 0 Å². The number of furan rings is 1. The van der Waals surface area contributed by atoms with Crippen LogP contribution in [0.5, 0.6) is 0 Å². The van der Waals surface area contributed by atoms with Gasteiger partial charge in [0.15, 0.2) is 0 Å². The fourth-order valence-corrected chi connectivity index (χ4v) is 2.42. The van der Waals surface area contributed by atoms with Crippen LogP contribution < -0.4 is 10.0 Å². The molecule has 1 heterocycles. The van der Waals surface area contributed by atoms with Crippen molar-refractivity contribution in [3.8, 4) is 0 Å². The van der Waals surface area contributed by atoms with E-state index in [2.05, 4.69) is 10.0 Å². The molecule has 0 bridgehead atoms. The van der Waals surface area contributed by atoms with Crippen LogP contribution >= 0.6 is 0 Å². The van der Waals surface area contributed by atoms with Gasteiger partial charge in [-0.15, -0.1) is 0 Å². The molecule has 0 aliphatic carbocycles. The highest BCUT2D eigenvalue weighted by atomic mass is 32.2. The van der Waals surface area contributed by atoms with E-state index >= 15 is 0 Å². The van der Waals surface area contributed by atoms with Crippen molar-refractivity contribution in [2.24, 2.45) is 0 Å². The van der Waals surface area contributed by atoms with Gasteiger partial charge >= 0.3 is 0 Å². The van der Waals surface area contributed by atoms with Crippen LogP contribution in [0.2, 0.25) is 0 Å². The van der Waals surface area contributed by atoms with E-state index in [1.165, 1.54) is 4.31 Å². The SMILES string of the molecule is CNCCCN(C)S(=O)(=O)NCCc1ccco1. The van der Waals surface area contributed by atoms with E-state index in [0.717, 1.165) is 18.7 Å². The molecule has 0 saturated carbocycles. The average Bonchev–Trinajstić information content (AvgIpc) is 2.82. The molecule has 0 radical (unpaired) electrons. The van der Waals surface area contributed by atoms with Gasteiger partial charge in [0.2, 0.25) is 0 Å². The number of hydrogen-bond donors (Lipinski definition) is 2. The predicted octanol–water partition coefficient (Wildman–Crippen LogP) is 0.198. The Kier molecular flexibility index (Phi) is 6.34. The zero-order valence-corrected chi connectivity index (χ0v) is 11.7. The van der Waals surface area contributed by atoms with Gasteiger partial charge in [0.1, 0.15) is 5.76 Å².